The third-order valence-electron chi connectivity index (χ3n) is 2.10. The molecular formula is C9H9FN2O4. The summed E-state index contributed by atoms with van der Waals surface area (Å²) in [6.07, 6.45) is 0. The minimum atomic E-state index is -1.32. The number of benzene rings is 1. The van der Waals surface area contributed by atoms with E-state index in [1.165, 1.54) is 0 Å². The van der Waals surface area contributed by atoms with E-state index in [0.29, 0.717) is 0 Å². The van der Waals surface area contributed by atoms with Crippen LogP contribution in [0.1, 0.15) is 11.5 Å². The zero-order valence-corrected chi connectivity index (χ0v) is 8.09. The predicted octanol–water partition coefficient (Wildman–Crippen LogP) is 0.861. The van der Waals surface area contributed by atoms with Gasteiger partial charge in [0.2, 0.25) is 0 Å². The first-order chi connectivity index (χ1) is 7.47. The average Bonchev–Trinajstić information content (AvgIpc) is 2.20. The number of hydrogen-bond donors (Lipinski definition) is 2. The van der Waals surface area contributed by atoms with Gasteiger partial charge in [0.25, 0.3) is 5.69 Å². The van der Waals surface area contributed by atoms with Gasteiger partial charge in [0.1, 0.15) is 5.82 Å². The molecule has 16 heavy (non-hydrogen) atoms. The summed E-state index contributed by atoms with van der Waals surface area (Å²) in [6, 6.07) is 2.72. The zero-order valence-electron chi connectivity index (χ0n) is 8.09. The van der Waals surface area contributed by atoms with Crippen molar-refractivity contribution in [2.24, 2.45) is 5.73 Å². The molecule has 1 aromatic rings. The molecule has 0 aliphatic heterocycles. The van der Waals surface area contributed by atoms with Crippen LogP contribution in [0.25, 0.3) is 0 Å². The Kier molecular flexibility index (Phi) is 3.51. The molecule has 7 heteroatoms. The van der Waals surface area contributed by atoms with Crippen LogP contribution in [0.3, 0.4) is 0 Å². The number of aliphatic carboxylic acids is 1. The highest BCUT2D eigenvalue weighted by molar-refractivity contribution is 5.76. The molecule has 0 fully saturated rings. The lowest BCUT2D eigenvalue weighted by atomic mass is 9.98. The minimum absolute atomic E-state index is 0.274. The van der Waals surface area contributed by atoms with Crippen LogP contribution < -0.4 is 5.73 Å². The molecule has 1 aromatic carbocycles. The molecule has 0 aromatic heterocycles. The molecule has 3 N–H and O–H groups in total. The number of rotatable bonds is 4. The van der Waals surface area contributed by atoms with Crippen LogP contribution in [-0.4, -0.2) is 22.5 Å². The molecule has 86 valence electrons. The van der Waals surface area contributed by atoms with E-state index in [2.05, 4.69) is 0 Å². The summed E-state index contributed by atoms with van der Waals surface area (Å²) in [5.74, 6) is -3.41. The number of nitrogens with two attached hydrogens (primary N) is 1. The number of nitrogens with zero attached hydrogens (tertiary/aromatic N) is 1. The third-order valence-corrected chi connectivity index (χ3v) is 2.10. The molecule has 0 heterocycles. The van der Waals surface area contributed by atoms with Gasteiger partial charge in [-0.3, -0.25) is 14.9 Å². The molecule has 0 aliphatic rings. The van der Waals surface area contributed by atoms with Crippen molar-refractivity contribution in [2.75, 3.05) is 6.54 Å². The van der Waals surface area contributed by atoms with Crippen molar-refractivity contribution in [1.82, 2.24) is 0 Å². The Morgan fingerprint density at radius 2 is 2.25 bits per heavy atom. The SMILES string of the molecule is NCC(C(=O)O)c1cc([N+](=O)[O-])ccc1F. The maximum atomic E-state index is 13.3. The lowest BCUT2D eigenvalue weighted by Gasteiger charge is -2.10. The van der Waals surface area contributed by atoms with E-state index in [4.69, 9.17) is 10.8 Å². The molecule has 1 atom stereocenters. The molecule has 0 bridgehead atoms. The molecule has 6 nitrogen and oxygen atoms in total. The Morgan fingerprint density at radius 1 is 1.62 bits per heavy atom. The van der Waals surface area contributed by atoms with Crippen molar-refractivity contribution in [1.29, 1.82) is 0 Å². The van der Waals surface area contributed by atoms with Crippen molar-refractivity contribution in [2.45, 2.75) is 5.92 Å². The van der Waals surface area contributed by atoms with Gasteiger partial charge in [0.15, 0.2) is 0 Å². The Hall–Kier alpha value is -2.02. The van der Waals surface area contributed by atoms with Crippen LogP contribution in [0, 0.1) is 15.9 Å². The third kappa shape index (κ3) is 2.31. The van der Waals surface area contributed by atoms with Gasteiger partial charge in [-0.2, -0.15) is 0 Å². The number of nitro groups is 1. The van der Waals surface area contributed by atoms with Gasteiger partial charge in [-0.15, -0.1) is 0 Å². The van der Waals surface area contributed by atoms with E-state index in [1.807, 2.05) is 0 Å². The Balaban J connectivity index is 3.25. The Labute approximate surface area is 89.6 Å². The molecule has 0 radical (unpaired) electrons. The van der Waals surface area contributed by atoms with Crippen LogP contribution in [0.5, 0.6) is 0 Å². The lowest BCUT2D eigenvalue weighted by Crippen LogP contribution is -2.22. The fraction of sp³-hybridized carbons (Fsp3) is 0.222. The summed E-state index contributed by atoms with van der Waals surface area (Å²) in [6.45, 7) is -0.326. The smallest absolute Gasteiger partial charge is 0.312 e. The van der Waals surface area contributed by atoms with Crippen LogP contribution in [-0.2, 0) is 4.79 Å². The van der Waals surface area contributed by atoms with Gasteiger partial charge in [0.05, 0.1) is 10.8 Å². The van der Waals surface area contributed by atoms with Gasteiger partial charge in [-0.25, -0.2) is 4.39 Å². The molecule has 1 rings (SSSR count). The largest absolute Gasteiger partial charge is 0.481 e. The number of hydrogen-bond acceptors (Lipinski definition) is 4. The summed E-state index contributed by atoms with van der Waals surface area (Å²) in [7, 11) is 0. The van der Waals surface area contributed by atoms with Crippen LogP contribution in [0.15, 0.2) is 18.2 Å². The zero-order chi connectivity index (χ0) is 12.3. The van der Waals surface area contributed by atoms with E-state index in [-0.39, 0.29) is 17.8 Å². The summed E-state index contributed by atoms with van der Waals surface area (Å²) in [5, 5.41) is 19.2. The first-order valence-electron chi connectivity index (χ1n) is 4.34. The summed E-state index contributed by atoms with van der Waals surface area (Å²) >= 11 is 0. The second-order valence-corrected chi connectivity index (χ2v) is 3.09. The van der Waals surface area contributed by atoms with Gasteiger partial charge in [-0.1, -0.05) is 0 Å². The van der Waals surface area contributed by atoms with Crippen molar-refractivity contribution in [3.63, 3.8) is 0 Å². The molecular weight excluding hydrogens is 219 g/mol. The number of carbonyl (C=O) groups is 1. The quantitative estimate of drug-likeness (QED) is 0.587. The van der Waals surface area contributed by atoms with Crippen molar-refractivity contribution in [3.8, 4) is 0 Å². The van der Waals surface area contributed by atoms with Gasteiger partial charge in [-0.05, 0) is 6.07 Å². The highest BCUT2D eigenvalue weighted by atomic mass is 19.1. The number of halogens is 1. The molecule has 0 aliphatic carbocycles. The predicted molar refractivity (Wildman–Crippen MR) is 52.5 cm³/mol. The normalized spacial score (nSPS) is 12.1. The van der Waals surface area contributed by atoms with E-state index in [0.717, 1.165) is 18.2 Å². The second-order valence-electron chi connectivity index (χ2n) is 3.09. The Bertz CT molecular complexity index is 436. The number of carboxylic acid groups (broad SMARTS) is 1. The number of carboxylic acids is 1. The van der Waals surface area contributed by atoms with Crippen LogP contribution in [0.4, 0.5) is 10.1 Å². The fourth-order valence-corrected chi connectivity index (χ4v) is 1.27. The minimum Gasteiger partial charge on any atom is -0.481 e. The number of nitro benzene ring substituents is 1. The van der Waals surface area contributed by atoms with Crippen molar-refractivity contribution in [3.05, 3.63) is 39.7 Å². The van der Waals surface area contributed by atoms with E-state index in [9.17, 15) is 19.3 Å². The molecule has 0 saturated carbocycles. The number of non-ortho nitro benzene ring substituents is 1. The molecule has 0 saturated heterocycles. The van der Waals surface area contributed by atoms with Gasteiger partial charge >= 0.3 is 5.97 Å². The van der Waals surface area contributed by atoms with Crippen molar-refractivity contribution < 1.29 is 19.2 Å². The van der Waals surface area contributed by atoms with E-state index >= 15 is 0 Å². The molecule has 0 amide bonds. The first kappa shape index (κ1) is 12.1. The Morgan fingerprint density at radius 3 is 2.69 bits per heavy atom. The fourth-order valence-electron chi connectivity index (χ4n) is 1.27. The van der Waals surface area contributed by atoms with Gasteiger partial charge in [0, 0.05) is 24.2 Å². The lowest BCUT2D eigenvalue weighted by molar-refractivity contribution is -0.385. The van der Waals surface area contributed by atoms with Gasteiger partial charge < -0.3 is 10.8 Å². The summed E-state index contributed by atoms with van der Waals surface area (Å²) < 4.78 is 13.3. The van der Waals surface area contributed by atoms with E-state index in [1.54, 1.807) is 0 Å². The van der Waals surface area contributed by atoms with Crippen molar-refractivity contribution >= 4 is 11.7 Å². The average molecular weight is 228 g/mol. The monoisotopic (exact) mass is 228 g/mol. The van der Waals surface area contributed by atoms with Crippen LogP contribution in [0.2, 0.25) is 0 Å². The van der Waals surface area contributed by atoms with Crippen LogP contribution >= 0.6 is 0 Å². The second kappa shape index (κ2) is 4.67. The molecule has 0 spiro atoms. The topological polar surface area (TPSA) is 106 Å². The van der Waals surface area contributed by atoms with E-state index < -0.39 is 22.6 Å². The summed E-state index contributed by atoms with van der Waals surface area (Å²) in [5.41, 5.74) is 4.54. The standard InChI is InChI=1S/C9H9FN2O4/c10-8-2-1-5(12(15)16)3-6(8)7(4-11)9(13)14/h1-3,7H,4,11H2,(H,13,14). The summed E-state index contributed by atoms with van der Waals surface area (Å²) in [4.78, 5) is 20.5. The molecule has 1 unspecified atom stereocenters. The maximum absolute atomic E-state index is 13.3. The maximum Gasteiger partial charge on any atom is 0.312 e. The highest BCUT2D eigenvalue weighted by Gasteiger charge is 2.23. The highest BCUT2D eigenvalue weighted by Crippen LogP contribution is 2.23. The first-order valence-corrected chi connectivity index (χ1v) is 4.34.